The van der Waals surface area contributed by atoms with E-state index in [-0.39, 0.29) is 12.5 Å². The summed E-state index contributed by atoms with van der Waals surface area (Å²) in [4.78, 5) is 15.1. The van der Waals surface area contributed by atoms with Crippen molar-refractivity contribution < 1.29 is 19.6 Å². The SMILES string of the molecule is CN1CCOc2ccc(SNCC(=O)NC(CC3CC3)B(O)O)cc21.Cc1ccccc1. The van der Waals surface area contributed by atoms with E-state index in [9.17, 15) is 14.8 Å². The van der Waals surface area contributed by atoms with Crippen molar-refractivity contribution in [3.63, 3.8) is 0 Å². The molecule has 0 radical (unpaired) electrons. The van der Waals surface area contributed by atoms with Crippen molar-refractivity contribution in [3.05, 3.63) is 54.1 Å². The molecule has 0 aromatic heterocycles. The number of ether oxygens (including phenoxy) is 1. The Bertz CT molecular complexity index is 868. The van der Waals surface area contributed by atoms with Crippen LogP contribution in [0.4, 0.5) is 5.69 Å². The van der Waals surface area contributed by atoms with Crippen molar-refractivity contribution >= 4 is 30.7 Å². The second kappa shape index (κ2) is 12.2. The second-order valence-electron chi connectivity index (χ2n) is 8.24. The Morgan fingerprint density at radius 2 is 2.00 bits per heavy atom. The number of fused-ring (bicyclic) bond motifs is 1. The summed E-state index contributed by atoms with van der Waals surface area (Å²) < 4.78 is 8.63. The Labute approximate surface area is 194 Å². The number of benzene rings is 2. The molecular weight excluding hydrogens is 425 g/mol. The lowest BCUT2D eigenvalue weighted by Crippen LogP contribution is -2.48. The molecule has 1 aliphatic carbocycles. The Balaban J connectivity index is 0.000000352. The maximum atomic E-state index is 12.0. The maximum absolute atomic E-state index is 12.0. The van der Waals surface area contributed by atoms with Gasteiger partial charge in [0.25, 0.3) is 0 Å². The van der Waals surface area contributed by atoms with E-state index >= 15 is 0 Å². The number of anilines is 1. The van der Waals surface area contributed by atoms with Crippen LogP contribution in [0, 0.1) is 12.8 Å². The van der Waals surface area contributed by atoms with Crippen molar-refractivity contribution in [1.29, 1.82) is 0 Å². The van der Waals surface area contributed by atoms with Gasteiger partial charge < -0.3 is 25.0 Å². The molecule has 1 atom stereocenters. The standard InChI is InChI=1S/C16H24BN3O4S.C7H8/c1-20-6-7-24-14-5-4-12(9-13(14)20)25-18-10-16(21)19-15(17(22)23)8-11-2-3-11;1-7-5-3-2-4-6-7/h4-5,9,11,15,18,22-23H,2-3,6-8,10H2,1H3,(H,19,21);2-6H,1H3. The summed E-state index contributed by atoms with van der Waals surface area (Å²) in [6.45, 7) is 3.72. The lowest BCUT2D eigenvalue weighted by atomic mass is 9.76. The molecule has 1 saturated carbocycles. The minimum Gasteiger partial charge on any atom is -0.490 e. The molecule has 1 fully saturated rings. The van der Waals surface area contributed by atoms with Gasteiger partial charge >= 0.3 is 7.12 Å². The normalized spacial score (nSPS) is 15.6. The van der Waals surface area contributed by atoms with Gasteiger partial charge in [-0.1, -0.05) is 48.7 Å². The van der Waals surface area contributed by atoms with E-state index in [4.69, 9.17) is 4.74 Å². The van der Waals surface area contributed by atoms with Crippen LogP contribution < -0.4 is 19.7 Å². The van der Waals surface area contributed by atoms with Crippen LogP contribution in [-0.4, -0.2) is 55.8 Å². The van der Waals surface area contributed by atoms with Crippen molar-refractivity contribution in [2.45, 2.75) is 37.0 Å². The monoisotopic (exact) mass is 457 g/mol. The molecule has 4 rings (SSSR count). The molecule has 32 heavy (non-hydrogen) atoms. The fourth-order valence-electron chi connectivity index (χ4n) is 3.34. The number of hydrogen-bond donors (Lipinski definition) is 4. The van der Waals surface area contributed by atoms with Crippen molar-refractivity contribution in [2.24, 2.45) is 5.92 Å². The number of aryl methyl sites for hydroxylation is 1. The molecule has 172 valence electrons. The molecular formula is C23H32BN3O4S. The van der Waals surface area contributed by atoms with Crippen LogP contribution in [0.1, 0.15) is 24.8 Å². The number of likely N-dealkylation sites (N-methyl/N-ethyl adjacent to an activating group) is 1. The van der Waals surface area contributed by atoms with Gasteiger partial charge in [0, 0.05) is 11.9 Å². The lowest BCUT2D eigenvalue weighted by molar-refractivity contribution is -0.120. The number of amides is 1. The highest BCUT2D eigenvalue weighted by molar-refractivity contribution is 7.97. The second-order valence-corrected chi connectivity index (χ2v) is 9.21. The van der Waals surface area contributed by atoms with E-state index < -0.39 is 13.1 Å². The van der Waals surface area contributed by atoms with E-state index in [1.54, 1.807) is 0 Å². The average molecular weight is 457 g/mol. The molecule has 7 nitrogen and oxygen atoms in total. The molecule has 1 unspecified atom stereocenters. The zero-order valence-electron chi connectivity index (χ0n) is 18.7. The number of carbonyl (C=O) groups is 1. The van der Waals surface area contributed by atoms with Gasteiger partial charge in [0.05, 0.1) is 24.7 Å². The first-order chi connectivity index (χ1) is 15.4. The smallest absolute Gasteiger partial charge is 0.475 e. The molecule has 1 heterocycles. The zero-order valence-corrected chi connectivity index (χ0v) is 19.5. The number of hydrogen-bond acceptors (Lipinski definition) is 7. The summed E-state index contributed by atoms with van der Waals surface area (Å²) in [6.07, 6.45) is 2.82. The Hall–Kier alpha value is -2.20. The third-order valence-electron chi connectivity index (χ3n) is 5.38. The highest BCUT2D eigenvalue weighted by Gasteiger charge is 2.32. The van der Waals surface area contributed by atoms with Gasteiger partial charge in [0.2, 0.25) is 5.91 Å². The fraction of sp³-hybridized carbons (Fsp3) is 0.435. The molecule has 9 heteroatoms. The van der Waals surface area contributed by atoms with E-state index in [0.29, 0.717) is 18.9 Å². The molecule has 2 aliphatic rings. The molecule has 1 amide bonds. The van der Waals surface area contributed by atoms with Crippen LogP contribution >= 0.6 is 11.9 Å². The van der Waals surface area contributed by atoms with Crippen molar-refractivity contribution in [2.75, 3.05) is 31.6 Å². The summed E-state index contributed by atoms with van der Waals surface area (Å²) in [6, 6.07) is 16.2. The first-order valence-corrected chi connectivity index (χ1v) is 11.8. The quantitative estimate of drug-likeness (QED) is 0.357. The summed E-state index contributed by atoms with van der Waals surface area (Å²) in [5, 5.41) is 21.4. The summed E-state index contributed by atoms with van der Waals surface area (Å²) in [7, 11) is 0.505. The van der Waals surface area contributed by atoms with E-state index in [1.807, 2.05) is 43.4 Å². The summed E-state index contributed by atoms with van der Waals surface area (Å²) in [5.74, 6) is 0.533. The zero-order chi connectivity index (χ0) is 22.9. The van der Waals surface area contributed by atoms with Crippen LogP contribution in [0.5, 0.6) is 5.75 Å². The van der Waals surface area contributed by atoms with Crippen LogP contribution in [0.15, 0.2) is 53.4 Å². The van der Waals surface area contributed by atoms with Gasteiger partial charge in [-0.15, -0.1) is 0 Å². The number of nitrogens with one attached hydrogen (secondary N) is 2. The molecule has 2 aromatic rings. The minimum absolute atomic E-state index is 0.0992. The van der Waals surface area contributed by atoms with E-state index in [2.05, 4.69) is 34.0 Å². The van der Waals surface area contributed by atoms with Crippen molar-refractivity contribution in [3.8, 4) is 5.75 Å². The molecule has 0 saturated heterocycles. The Morgan fingerprint density at radius 1 is 1.25 bits per heavy atom. The number of nitrogens with zero attached hydrogens (tertiary/aromatic N) is 1. The predicted octanol–water partition coefficient (Wildman–Crippen LogP) is 2.40. The molecule has 0 bridgehead atoms. The Kier molecular flexibility index (Phi) is 9.29. The first-order valence-electron chi connectivity index (χ1n) is 11.0. The topological polar surface area (TPSA) is 94.1 Å². The Morgan fingerprint density at radius 3 is 2.62 bits per heavy atom. The largest absolute Gasteiger partial charge is 0.490 e. The van der Waals surface area contributed by atoms with Gasteiger partial charge in [-0.05, 0) is 49.4 Å². The van der Waals surface area contributed by atoms with Crippen LogP contribution in [0.2, 0.25) is 0 Å². The molecule has 1 aliphatic heterocycles. The summed E-state index contributed by atoms with van der Waals surface area (Å²) >= 11 is 1.37. The molecule has 0 spiro atoms. The van der Waals surface area contributed by atoms with Crippen molar-refractivity contribution in [1.82, 2.24) is 10.0 Å². The first kappa shape index (κ1) is 24.4. The van der Waals surface area contributed by atoms with Gasteiger partial charge in [-0.3, -0.25) is 9.52 Å². The van der Waals surface area contributed by atoms with Crippen LogP contribution in [0.3, 0.4) is 0 Å². The third kappa shape index (κ3) is 8.05. The van der Waals surface area contributed by atoms with E-state index in [0.717, 1.165) is 35.7 Å². The highest BCUT2D eigenvalue weighted by atomic mass is 32.2. The lowest BCUT2D eigenvalue weighted by Gasteiger charge is -2.28. The van der Waals surface area contributed by atoms with Gasteiger partial charge in [0.15, 0.2) is 0 Å². The molecule has 2 aromatic carbocycles. The van der Waals surface area contributed by atoms with Crippen LogP contribution in [-0.2, 0) is 4.79 Å². The van der Waals surface area contributed by atoms with E-state index in [1.165, 1.54) is 17.5 Å². The number of carbonyl (C=O) groups excluding carboxylic acids is 1. The van der Waals surface area contributed by atoms with Gasteiger partial charge in [0.1, 0.15) is 12.4 Å². The minimum atomic E-state index is -1.52. The predicted molar refractivity (Wildman–Crippen MR) is 130 cm³/mol. The summed E-state index contributed by atoms with van der Waals surface area (Å²) in [5.41, 5.74) is 2.36. The highest BCUT2D eigenvalue weighted by Crippen LogP contribution is 2.34. The van der Waals surface area contributed by atoms with Gasteiger partial charge in [-0.25, -0.2) is 0 Å². The third-order valence-corrected chi connectivity index (χ3v) is 6.16. The number of rotatable bonds is 8. The average Bonchev–Trinajstić information content (AvgIpc) is 3.59. The van der Waals surface area contributed by atoms with Crippen LogP contribution in [0.25, 0.3) is 0 Å². The molecule has 4 N–H and O–H groups in total. The maximum Gasteiger partial charge on any atom is 0.475 e. The van der Waals surface area contributed by atoms with Gasteiger partial charge in [-0.2, -0.15) is 0 Å². The fourth-order valence-corrected chi connectivity index (χ4v) is 4.02.